The van der Waals surface area contributed by atoms with Crippen LogP contribution in [-0.4, -0.2) is 125 Å². The van der Waals surface area contributed by atoms with E-state index in [9.17, 15) is 60.7 Å². The molecule has 53 heavy (non-hydrogen) atoms. The van der Waals surface area contributed by atoms with Crippen LogP contribution in [0, 0.1) is 0 Å². The van der Waals surface area contributed by atoms with Crippen LogP contribution >= 0.6 is 0 Å². The van der Waals surface area contributed by atoms with E-state index in [4.69, 9.17) is 28.1 Å². The van der Waals surface area contributed by atoms with Gasteiger partial charge in [-0.05, 0) is 48.0 Å². The second kappa shape index (κ2) is 15.4. The van der Waals surface area contributed by atoms with Gasteiger partial charge in [0.25, 0.3) is 0 Å². The summed E-state index contributed by atoms with van der Waals surface area (Å²) in [4.78, 5) is 26.2. The molecule has 0 radical (unpaired) electrons. The second-order valence-corrected chi connectivity index (χ2v) is 12.1. The maximum absolute atomic E-state index is 13.8. The standard InChI is InChI=1S/C35H34O18/c36-16-6-1-14(2-7-16)3-10-22(40)48-13-21-24(41)26(43)29(46)34(50-21)52-32-27(44)28(45)33(47)53-35(32)51-31-25(42)23-19(39)11-18(38)12-20(23)49-30(31)15-4-8-17(37)9-5-15/h1-12,21,24,26-29,32-39,41,43-47H,13H2/b10-3+/t21-,24-,26?,27-,28-,29-,32?,33-,34+,35?/m1/s1. The molecule has 282 valence electrons. The quantitative estimate of drug-likeness (QED) is 0.0764. The number of aliphatic hydroxyl groups is 6. The van der Waals surface area contributed by atoms with Crippen LogP contribution < -0.4 is 10.2 Å². The molecule has 4 aromatic rings. The molecule has 2 aliphatic rings. The van der Waals surface area contributed by atoms with Gasteiger partial charge in [-0.15, -0.1) is 0 Å². The number of ether oxygens (including phenoxy) is 5. The van der Waals surface area contributed by atoms with Crippen LogP contribution in [0.4, 0.5) is 0 Å². The number of hydrogen-bond acceptors (Lipinski definition) is 18. The number of aliphatic hydroxyl groups excluding tert-OH is 6. The molecule has 0 amide bonds. The van der Waals surface area contributed by atoms with Crippen LogP contribution in [0.15, 0.2) is 76.0 Å². The minimum absolute atomic E-state index is 0.0157. The Morgan fingerprint density at radius 1 is 0.736 bits per heavy atom. The Labute approximate surface area is 297 Å². The van der Waals surface area contributed by atoms with Crippen molar-refractivity contribution in [3.8, 4) is 40.1 Å². The van der Waals surface area contributed by atoms with Crippen LogP contribution in [0.1, 0.15) is 5.56 Å². The molecule has 10 N–H and O–H groups in total. The molecule has 18 heteroatoms. The zero-order valence-electron chi connectivity index (χ0n) is 27.1. The summed E-state index contributed by atoms with van der Waals surface area (Å²) in [6.07, 6.45) is -17.2. The maximum atomic E-state index is 13.8. The lowest BCUT2D eigenvalue weighted by Crippen LogP contribution is -2.65. The lowest BCUT2D eigenvalue weighted by atomic mass is 9.98. The Balaban J connectivity index is 1.27. The van der Waals surface area contributed by atoms with Gasteiger partial charge in [0.1, 0.15) is 77.2 Å². The van der Waals surface area contributed by atoms with E-state index in [1.165, 1.54) is 54.6 Å². The van der Waals surface area contributed by atoms with Gasteiger partial charge in [0.15, 0.2) is 24.4 Å². The summed E-state index contributed by atoms with van der Waals surface area (Å²) in [6, 6.07) is 12.9. The van der Waals surface area contributed by atoms with Crippen molar-refractivity contribution in [1.82, 2.24) is 0 Å². The summed E-state index contributed by atoms with van der Waals surface area (Å²) in [5, 5.41) is 103. The molecule has 0 bridgehead atoms. The molecule has 2 aliphatic heterocycles. The number of phenolic OH excluding ortho intramolecular Hbond substituents is 4. The Morgan fingerprint density at radius 3 is 2.08 bits per heavy atom. The number of rotatable bonds is 9. The first-order valence-corrected chi connectivity index (χ1v) is 15.9. The van der Waals surface area contributed by atoms with Gasteiger partial charge in [-0.3, -0.25) is 4.79 Å². The lowest BCUT2D eigenvalue weighted by molar-refractivity contribution is -0.373. The van der Waals surface area contributed by atoms with E-state index in [0.717, 1.165) is 18.2 Å². The molecular weight excluding hydrogens is 708 g/mol. The van der Waals surface area contributed by atoms with Crippen LogP contribution in [0.25, 0.3) is 28.4 Å². The van der Waals surface area contributed by atoms with Crippen LogP contribution in [-0.2, 0) is 23.7 Å². The Kier molecular flexibility index (Phi) is 10.9. The molecule has 6 rings (SSSR count). The third kappa shape index (κ3) is 7.90. The fourth-order valence-electron chi connectivity index (χ4n) is 5.64. The SMILES string of the molecule is O=C(/C=C/c1ccc(O)cc1)OC[C@H]1O[C@@H](OC2C(Oc3c(-c4ccc(O)cc4)oc4cc(O)cc(O)c4c3=O)O[C@@H](O)[C@H](O)[C@H]2O)[C@H](O)C(O)[C@@H]1O. The molecule has 3 aromatic carbocycles. The van der Waals surface area contributed by atoms with Crippen LogP contribution in [0.2, 0.25) is 0 Å². The maximum Gasteiger partial charge on any atom is 0.330 e. The molecule has 1 aromatic heterocycles. The molecule has 0 spiro atoms. The zero-order valence-corrected chi connectivity index (χ0v) is 27.1. The highest BCUT2D eigenvalue weighted by atomic mass is 16.8. The minimum Gasteiger partial charge on any atom is -0.508 e. The van der Waals surface area contributed by atoms with Crippen molar-refractivity contribution in [3.05, 3.63) is 82.5 Å². The van der Waals surface area contributed by atoms with Crippen molar-refractivity contribution < 1.29 is 84.0 Å². The number of benzene rings is 3. The summed E-state index contributed by atoms with van der Waals surface area (Å²) < 4.78 is 33.5. The molecule has 2 saturated heterocycles. The van der Waals surface area contributed by atoms with Gasteiger partial charge in [0.05, 0.1) is 0 Å². The molecule has 3 unspecified atom stereocenters. The van der Waals surface area contributed by atoms with E-state index >= 15 is 0 Å². The second-order valence-electron chi connectivity index (χ2n) is 12.1. The first-order valence-electron chi connectivity index (χ1n) is 15.9. The smallest absolute Gasteiger partial charge is 0.330 e. The van der Waals surface area contributed by atoms with Gasteiger partial charge < -0.3 is 79.2 Å². The van der Waals surface area contributed by atoms with Gasteiger partial charge in [0, 0.05) is 23.8 Å². The highest BCUT2D eigenvalue weighted by Crippen LogP contribution is 2.38. The molecular formula is C35H34O18. The number of fused-ring (bicyclic) bond motifs is 1. The van der Waals surface area contributed by atoms with Gasteiger partial charge >= 0.3 is 5.97 Å². The van der Waals surface area contributed by atoms with Crippen molar-refractivity contribution in [1.29, 1.82) is 0 Å². The fourth-order valence-corrected chi connectivity index (χ4v) is 5.64. The fraction of sp³-hybridized carbons (Fsp3) is 0.314. The Hall–Kier alpha value is -5.28. The highest BCUT2D eigenvalue weighted by Gasteiger charge is 2.52. The summed E-state index contributed by atoms with van der Waals surface area (Å²) in [5.74, 6) is -3.25. The minimum atomic E-state index is -2.14. The zero-order chi connectivity index (χ0) is 38.1. The topological polar surface area (TPSA) is 296 Å². The third-order valence-corrected chi connectivity index (χ3v) is 8.46. The van der Waals surface area contributed by atoms with Crippen molar-refractivity contribution in [2.75, 3.05) is 6.61 Å². The number of carbonyl (C=O) groups excluding carboxylic acids is 1. The Morgan fingerprint density at radius 2 is 1.40 bits per heavy atom. The summed E-state index contributed by atoms with van der Waals surface area (Å²) >= 11 is 0. The largest absolute Gasteiger partial charge is 0.508 e. The van der Waals surface area contributed by atoms with E-state index < -0.39 is 102 Å². The monoisotopic (exact) mass is 742 g/mol. The number of hydrogen-bond donors (Lipinski definition) is 10. The van der Waals surface area contributed by atoms with Gasteiger partial charge in [-0.1, -0.05) is 12.1 Å². The molecule has 0 saturated carbocycles. The average molecular weight is 743 g/mol. The van der Waals surface area contributed by atoms with Gasteiger partial charge in [-0.2, -0.15) is 0 Å². The van der Waals surface area contributed by atoms with Crippen LogP contribution in [0.3, 0.4) is 0 Å². The summed E-state index contributed by atoms with van der Waals surface area (Å²) in [5.41, 5.74) is -0.666. The summed E-state index contributed by atoms with van der Waals surface area (Å²) in [6.45, 7) is -0.679. The predicted octanol–water partition coefficient (Wildman–Crippen LogP) is -0.493. The number of phenols is 4. The first-order chi connectivity index (χ1) is 25.2. The number of esters is 1. The van der Waals surface area contributed by atoms with E-state index in [1.807, 2.05) is 0 Å². The van der Waals surface area contributed by atoms with Crippen molar-refractivity contribution in [3.63, 3.8) is 0 Å². The summed E-state index contributed by atoms with van der Waals surface area (Å²) in [7, 11) is 0. The van der Waals surface area contributed by atoms with E-state index in [1.54, 1.807) is 0 Å². The number of aromatic hydroxyl groups is 4. The highest BCUT2D eigenvalue weighted by molar-refractivity contribution is 5.88. The normalized spacial score (nSPS) is 28.9. The third-order valence-electron chi connectivity index (χ3n) is 8.46. The van der Waals surface area contributed by atoms with E-state index in [-0.39, 0.29) is 28.4 Å². The van der Waals surface area contributed by atoms with Gasteiger partial charge in [0.2, 0.25) is 17.5 Å². The van der Waals surface area contributed by atoms with E-state index in [2.05, 4.69) is 0 Å². The van der Waals surface area contributed by atoms with Crippen molar-refractivity contribution >= 4 is 23.0 Å². The predicted molar refractivity (Wildman–Crippen MR) is 176 cm³/mol. The van der Waals surface area contributed by atoms with Crippen LogP contribution in [0.5, 0.6) is 28.7 Å². The molecule has 10 atom stereocenters. The lowest BCUT2D eigenvalue weighted by Gasteiger charge is -2.45. The van der Waals surface area contributed by atoms with Crippen molar-refractivity contribution in [2.24, 2.45) is 0 Å². The number of carbonyl (C=O) groups is 1. The molecule has 3 heterocycles. The molecule has 0 aliphatic carbocycles. The molecule has 2 fully saturated rings. The average Bonchev–Trinajstić information content (AvgIpc) is 3.12. The molecule has 18 nitrogen and oxygen atoms in total. The Bertz CT molecular complexity index is 2010. The van der Waals surface area contributed by atoms with E-state index in [0.29, 0.717) is 5.56 Å². The van der Waals surface area contributed by atoms with Crippen molar-refractivity contribution in [2.45, 2.75) is 61.6 Å². The van der Waals surface area contributed by atoms with Gasteiger partial charge in [-0.25, -0.2) is 4.79 Å². The first kappa shape index (κ1) is 37.5.